The van der Waals surface area contributed by atoms with E-state index in [1.54, 1.807) is 0 Å². The average molecular weight is 204 g/mol. The SMILES string of the molecule is CCC[C@@H](C)C[C@H](CC)c1ccccc1. The Kier molecular flexibility index (Phi) is 5.45. The Balaban J connectivity index is 2.56. The van der Waals surface area contributed by atoms with Gasteiger partial charge in [0.2, 0.25) is 0 Å². The molecule has 0 aliphatic carbocycles. The highest BCUT2D eigenvalue weighted by Crippen LogP contribution is 2.28. The van der Waals surface area contributed by atoms with E-state index in [1.165, 1.54) is 31.2 Å². The monoisotopic (exact) mass is 204 g/mol. The lowest BCUT2D eigenvalue weighted by Crippen LogP contribution is -2.04. The van der Waals surface area contributed by atoms with Gasteiger partial charge in [0.05, 0.1) is 0 Å². The van der Waals surface area contributed by atoms with Crippen molar-refractivity contribution in [1.82, 2.24) is 0 Å². The largest absolute Gasteiger partial charge is 0.0654 e. The summed E-state index contributed by atoms with van der Waals surface area (Å²) in [5, 5.41) is 0. The lowest BCUT2D eigenvalue weighted by atomic mass is 9.86. The van der Waals surface area contributed by atoms with Gasteiger partial charge in [0, 0.05) is 0 Å². The molecular formula is C15H24. The highest BCUT2D eigenvalue weighted by atomic mass is 14.2. The first kappa shape index (κ1) is 12.3. The summed E-state index contributed by atoms with van der Waals surface area (Å²) in [6.07, 6.45) is 5.28. The van der Waals surface area contributed by atoms with Gasteiger partial charge in [0.1, 0.15) is 0 Å². The van der Waals surface area contributed by atoms with Crippen molar-refractivity contribution in [1.29, 1.82) is 0 Å². The summed E-state index contributed by atoms with van der Waals surface area (Å²) in [4.78, 5) is 0. The molecular weight excluding hydrogens is 180 g/mol. The molecule has 0 aromatic heterocycles. The highest BCUT2D eigenvalue weighted by molar-refractivity contribution is 5.19. The predicted octanol–water partition coefficient (Wildman–Crippen LogP) is 5.01. The molecule has 0 saturated carbocycles. The predicted molar refractivity (Wildman–Crippen MR) is 68.2 cm³/mol. The van der Waals surface area contributed by atoms with E-state index in [-0.39, 0.29) is 0 Å². The second-order valence-electron chi connectivity index (χ2n) is 4.65. The Morgan fingerprint density at radius 1 is 1.07 bits per heavy atom. The zero-order valence-corrected chi connectivity index (χ0v) is 10.4. The van der Waals surface area contributed by atoms with E-state index < -0.39 is 0 Å². The van der Waals surface area contributed by atoms with Crippen LogP contribution >= 0.6 is 0 Å². The minimum atomic E-state index is 0.757. The summed E-state index contributed by atoms with van der Waals surface area (Å²) in [7, 11) is 0. The van der Waals surface area contributed by atoms with E-state index in [9.17, 15) is 0 Å². The van der Waals surface area contributed by atoms with Gasteiger partial charge in [-0.2, -0.15) is 0 Å². The van der Waals surface area contributed by atoms with Crippen molar-refractivity contribution >= 4 is 0 Å². The number of hydrogen-bond acceptors (Lipinski definition) is 0. The molecule has 0 spiro atoms. The Hall–Kier alpha value is -0.780. The van der Waals surface area contributed by atoms with Crippen LogP contribution in [0.3, 0.4) is 0 Å². The Labute approximate surface area is 94.7 Å². The molecule has 0 aliphatic rings. The average Bonchev–Trinajstić information content (AvgIpc) is 2.27. The molecule has 1 rings (SSSR count). The molecule has 0 heteroatoms. The third-order valence-corrected chi connectivity index (χ3v) is 3.23. The van der Waals surface area contributed by atoms with Gasteiger partial charge in [-0.25, -0.2) is 0 Å². The normalized spacial score (nSPS) is 14.9. The third-order valence-electron chi connectivity index (χ3n) is 3.23. The lowest BCUT2D eigenvalue weighted by Gasteiger charge is -2.19. The van der Waals surface area contributed by atoms with Crippen LogP contribution in [0.1, 0.15) is 57.9 Å². The maximum Gasteiger partial charge on any atom is -0.0162 e. The van der Waals surface area contributed by atoms with Crippen LogP contribution in [0.5, 0.6) is 0 Å². The van der Waals surface area contributed by atoms with E-state index in [0.29, 0.717) is 0 Å². The quantitative estimate of drug-likeness (QED) is 0.611. The summed E-state index contributed by atoms with van der Waals surface area (Å²) in [5.74, 6) is 1.62. The van der Waals surface area contributed by atoms with Gasteiger partial charge in [-0.15, -0.1) is 0 Å². The molecule has 2 atom stereocenters. The van der Waals surface area contributed by atoms with E-state index in [4.69, 9.17) is 0 Å². The smallest absolute Gasteiger partial charge is 0.0162 e. The molecule has 0 nitrogen and oxygen atoms in total. The van der Waals surface area contributed by atoms with Crippen LogP contribution in [0, 0.1) is 5.92 Å². The molecule has 0 saturated heterocycles. The maximum absolute atomic E-state index is 2.38. The van der Waals surface area contributed by atoms with Crippen molar-refractivity contribution in [2.45, 2.75) is 52.4 Å². The molecule has 0 aliphatic heterocycles. The molecule has 1 aromatic rings. The molecule has 0 bridgehead atoms. The van der Waals surface area contributed by atoms with Crippen molar-refractivity contribution in [3.8, 4) is 0 Å². The molecule has 0 amide bonds. The van der Waals surface area contributed by atoms with E-state index in [0.717, 1.165) is 11.8 Å². The van der Waals surface area contributed by atoms with Crippen molar-refractivity contribution < 1.29 is 0 Å². The molecule has 1 aromatic carbocycles. The first-order chi connectivity index (χ1) is 7.27. The molecule has 15 heavy (non-hydrogen) atoms. The first-order valence-corrected chi connectivity index (χ1v) is 6.32. The number of benzene rings is 1. The molecule has 0 heterocycles. The standard InChI is InChI=1S/C15H24/c1-4-9-13(3)12-14(5-2)15-10-7-6-8-11-15/h6-8,10-11,13-14H,4-5,9,12H2,1-3H3/t13-,14+/m1/s1. The Bertz CT molecular complexity index is 250. The fourth-order valence-corrected chi connectivity index (χ4v) is 2.36. The highest BCUT2D eigenvalue weighted by Gasteiger charge is 2.12. The summed E-state index contributed by atoms with van der Waals surface area (Å²) >= 11 is 0. The molecule has 84 valence electrons. The van der Waals surface area contributed by atoms with Gasteiger partial charge in [-0.3, -0.25) is 0 Å². The summed E-state index contributed by atoms with van der Waals surface area (Å²) in [6, 6.07) is 11.0. The number of rotatable bonds is 6. The van der Waals surface area contributed by atoms with Gasteiger partial charge in [-0.1, -0.05) is 63.9 Å². The van der Waals surface area contributed by atoms with Crippen LogP contribution < -0.4 is 0 Å². The summed E-state index contributed by atoms with van der Waals surface area (Å²) in [5.41, 5.74) is 1.52. The minimum Gasteiger partial charge on any atom is -0.0654 e. The fourth-order valence-electron chi connectivity index (χ4n) is 2.36. The van der Waals surface area contributed by atoms with Gasteiger partial charge < -0.3 is 0 Å². The van der Waals surface area contributed by atoms with Crippen molar-refractivity contribution in [3.05, 3.63) is 35.9 Å². The van der Waals surface area contributed by atoms with Gasteiger partial charge in [-0.05, 0) is 30.2 Å². The second kappa shape index (κ2) is 6.66. The molecule has 0 unspecified atom stereocenters. The Morgan fingerprint density at radius 3 is 2.27 bits per heavy atom. The molecule has 0 fully saturated rings. The van der Waals surface area contributed by atoms with Crippen LogP contribution in [-0.2, 0) is 0 Å². The van der Waals surface area contributed by atoms with Crippen LogP contribution in [0.2, 0.25) is 0 Å². The van der Waals surface area contributed by atoms with E-state index in [2.05, 4.69) is 51.1 Å². The van der Waals surface area contributed by atoms with Gasteiger partial charge in [0.15, 0.2) is 0 Å². The van der Waals surface area contributed by atoms with Crippen molar-refractivity contribution in [2.75, 3.05) is 0 Å². The van der Waals surface area contributed by atoms with Crippen LogP contribution in [-0.4, -0.2) is 0 Å². The molecule has 0 radical (unpaired) electrons. The Morgan fingerprint density at radius 2 is 1.73 bits per heavy atom. The van der Waals surface area contributed by atoms with Gasteiger partial charge >= 0.3 is 0 Å². The minimum absolute atomic E-state index is 0.757. The maximum atomic E-state index is 2.38. The van der Waals surface area contributed by atoms with Crippen LogP contribution in [0.25, 0.3) is 0 Å². The van der Waals surface area contributed by atoms with E-state index in [1.807, 2.05) is 0 Å². The van der Waals surface area contributed by atoms with Crippen LogP contribution in [0.4, 0.5) is 0 Å². The lowest BCUT2D eigenvalue weighted by molar-refractivity contribution is 0.428. The van der Waals surface area contributed by atoms with Crippen molar-refractivity contribution in [2.24, 2.45) is 5.92 Å². The van der Waals surface area contributed by atoms with Gasteiger partial charge in [0.25, 0.3) is 0 Å². The second-order valence-corrected chi connectivity index (χ2v) is 4.65. The topological polar surface area (TPSA) is 0 Å². The zero-order valence-electron chi connectivity index (χ0n) is 10.4. The summed E-state index contributed by atoms with van der Waals surface area (Å²) in [6.45, 7) is 6.96. The first-order valence-electron chi connectivity index (χ1n) is 6.32. The number of hydrogen-bond donors (Lipinski definition) is 0. The van der Waals surface area contributed by atoms with Crippen molar-refractivity contribution in [3.63, 3.8) is 0 Å². The van der Waals surface area contributed by atoms with Crippen LogP contribution in [0.15, 0.2) is 30.3 Å². The fraction of sp³-hybridized carbons (Fsp3) is 0.600. The molecule has 0 N–H and O–H groups in total. The summed E-state index contributed by atoms with van der Waals surface area (Å²) < 4.78 is 0. The third kappa shape index (κ3) is 4.07. The zero-order chi connectivity index (χ0) is 11.1. The van der Waals surface area contributed by atoms with E-state index >= 15 is 0 Å².